The van der Waals surface area contributed by atoms with Gasteiger partial charge in [0.15, 0.2) is 0 Å². The normalized spacial score (nSPS) is 12.3. The second kappa shape index (κ2) is 12.1. The van der Waals surface area contributed by atoms with Crippen molar-refractivity contribution in [3.8, 4) is 22.6 Å². The van der Waals surface area contributed by atoms with Crippen LogP contribution in [0.25, 0.3) is 11.1 Å². The van der Waals surface area contributed by atoms with E-state index in [0.717, 1.165) is 29.8 Å². The third-order valence-corrected chi connectivity index (χ3v) is 5.73. The molecule has 0 spiro atoms. The molecule has 0 aliphatic carbocycles. The number of benzene rings is 3. The molecule has 0 radical (unpaired) electrons. The van der Waals surface area contributed by atoms with E-state index in [4.69, 9.17) is 14.6 Å². The Labute approximate surface area is 210 Å². The molecule has 0 saturated heterocycles. The average Bonchev–Trinajstić information content (AvgIpc) is 2.85. The zero-order valence-electron chi connectivity index (χ0n) is 20.2. The van der Waals surface area contributed by atoms with Gasteiger partial charge in [-0.05, 0) is 66.9 Å². The highest BCUT2D eigenvalue weighted by molar-refractivity contribution is 5.69. The van der Waals surface area contributed by atoms with Gasteiger partial charge in [-0.1, -0.05) is 12.1 Å². The highest BCUT2D eigenvalue weighted by Gasteiger charge is 2.32. The first-order valence-corrected chi connectivity index (χ1v) is 11.4. The first kappa shape index (κ1) is 27.9. The van der Waals surface area contributed by atoms with Crippen molar-refractivity contribution in [2.75, 3.05) is 20.3 Å². The highest BCUT2D eigenvalue weighted by Crippen LogP contribution is 2.37. The van der Waals surface area contributed by atoms with Crippen LogP contribution < -0.4 is 14.8 Å². The van der Waals surface area contributed by atoms with E-state index in [1.165, 1.54) is 6.07 Å². The van der Waals surface area contributed by atoms with Crippen LogP contribution in [0.2, 0.25) is 0 Å². The molecular weight excluding hydrogens is 497 g/mol. The standard InChI is InChI=1S/C27H26F5NO4/c1-16(17-4-3-5-20(13-17)36-2)33-10-11-37-21-14-18(12-19(15-21)27(30,31)32)22-6-8-24(28)23(26(22)29)7-9-25(34)35/h3-6,8,12-16,33H,7,9-11H2,1-2H3,(H,34,35). The third kappa shape index (κ3) is 7.42. The van der Waals surface area contributed by atoms with Gasteiger partial charge in [0.25, 0.3) is 0 Å². The lowest BCUT2D eigenvalue weighted by atomic mass is 9.97. The zero-order valence-corrected chi connectivity index (χ0v) is 20.2. The summed E-state index contributed by atoms with van der Waals surface area (Å²) in [4.78, 5) is 10.8. The molecule has 0 aliphatic heterocycles. The van der Waals surface area contributed by atoms with Gasteiger partial charge < -0.3 is 19.9 Å². The summed E-state index contributed by atoms with van der Waals surface area (Å²) >= 11 is 0. The van der Waals surface area contributed by atoms with Crippen LogP contribution >= 0.6 is 0 Å². The topological polar surface area (TPSA) is 67.8 Å². The van der Waals surface area contributed by atoms with Crippen LogP contribution in [0.1, 0.15) is 36.1 Å². The minimum Gasteiger partial charge on any atom is -0.497 e. The van der Waals surface area contributed by atoms with E-state index >= 15 is 4.39 Å². The Morgan fingerprint density at radius 2 is 1.81 bits per heavy atom. The van der Waals surface area contributed by atoms with Crippen LogP contribution in [0.5, 0.6) is 11.5 Å². The molecular formula is C27H26F5NO4. The molecule has 0 saturated carbocycles. The van der Waals surface area contributed by atoms with Crippen molar-refractivity contribution in [3.63, 3.8) is 0 Å². The van der Waals surface area contributed by atoms with Crippen LogP contribution in [-0.2, 0) is 17.4 Å². The fourth-order valence-electron chi connectivity index (χ4n) is 3.76. The lowest BCUT2D eigenvalue weighted by molar-refractivity contribution is -0.138. The summed E-state index contributed by atoms with van der Waals surface area (Å²) < 4.78 is 80.6. The van der Waals surface area contributed by atoms with Crippen LogP contribution in [0.4, 0.5) is 22.0 Å². The van der Waals surface area contributed by atoms with Crippen LogP contribution in [-0.4, -0.2) is 31.3 Å². The third-order valence-electron chi connectivity index (χ3n) is 5.73. The number of nitrogens with one attached hydrogen (secondary N) is 1. The van der Waals surface area contributed by atoms with Crippen molar-refractivity contribution in [2.45, 2.75) is 32.0 Å². The van der Waals surface area contributed by atoms with Gasteiger partial charge in [0.05, 0.1) is 12.7 Å². The molecule has 198 valence electrons. The number of carboxylic acids is 1. The van der Waals surface area contributed by atoms with Crippen molar-refractivity contribution in [3.05, 3.63) is 82.9 Å². The van der Waals surface area contributed by atoms with Gasteiger partial charge in [0, 0.05) is 30.1 Å². The smallest absolute Gasteiger partial charge is 0.416 e. The van der Waals surface area contributed by atoms with Crippen molar-refractivity contribution in [1.82, 2.24) is 5.32 Å². The van der Waals surface area contributed by atoms with E-state index in [1.807, 2.05) is 31.2 Å². The predicted octanol–water partition coefficient (Wildman–Crippen LogP) is 6.41. The lowest BCUT2D eigenvalue weighted by Gasteiger charge is -2.17. The SMILES string of the molecule is COc1cccc(C(C)NCCOc2cc(-c3ccc(F)c(CCC(=O)O)c3F)cc(C(F)(F)F)c2)c1. The zero-order chi connectivity index (χ0) is 27.2. The van der Waals surface area contributed by atoms with Gasteiger partial charge in [-0.2, -0.15) is 13.2 Å². The number of hydrogen-bond acceptors (Lipinski definition) is 4. The Hall–Kier alpha value is -3.66. The number of carboxylic acid groups (broad SMARTS) is 1. The number of hydrogen-bond donors (Lipinski definition) is 2. The van der Waals surface area contributed by atoms with Gasteiger partial charge in [0.2, 0.25) is 0 Å². The van der Waals surface area contributed by atoms with E-state index in [9.17, 15) is 22.4 Å². The van der Waals surface area contributed by atoms with Gasteiger partial charge in [-0.3, -0.25) is 4.79 Å². The number of ether oxygens (including phenoxy) is 2. The molecule has 2 N–H and O–H groups in total. The molecule has 1 unspecified atom stereocenters. The molecule has 1 atom stereocenters. The highest BCUT2D eigenvalue weighted by atomic mass is 19.4. The van der Waals surface area contributed by atoms with E-state index in [1.54, 1.807) is 7.11 Å². The largest absolute Gasteiger partial charge is 0.497 e. The molecule has 0 aliphatic rings. The Kier molecular flexibility index (Phi) is 9.09. The van der Waals surface area contributed by atoms with Gasteiger partial charge in [-0.25, -0.2) is 8.78 Å². The average molecular weight is 523 g/mol. The summed E-state index contributed by atoms with van der Waals surface area (Å²) in [5.74, 6) is -2.79. The first-order chi connectivity index (χ1) is 17.5. The monoisotopic (exact) mass is 523 g/mol. The molecule has 3 rings (SSSR count). The summed E-state index contributed by atoms with van der Waals surface area (Å²) in [7, 11) is 1.56. The quantitative estimate of drug-likeness (QED) is 0.225. The van der Waals surface area contributed by atoms with Crippen molar-refractivity contribution >= 4 is 5.97 Å². The van der Waals surface area contributed by atoms with Crippen molar-refractivity contribution in [2.24, 2.45) is 0 Å². The number of rotatable bonds is 11. The first-order valence-electron chi connectivity index (χ1n) is 11.4. The minimum absolute atomic E-state index is 0.0187. The van der Waals surface area contributed by atoms with Crippen LogP contribution in [0, 0.1) is 11.6 Å². The molecule has 5 nitrogen and oxygen atoms in total. The molecule has 0 heterocycles. The Bertz CT molecular complexity index is 1250. The number of carbonyl (C=O) groups is 1. The molecule has 37 heavy (non-hydrogen) atoms. The van der Waals surface area contributed by atoms with Gasteiger partial charge in [0.1, 0.15) is 29.7 Å². The van der Waals surface area contributed by atoms with Crippen LogP contribution in [0.15, 0.2) is 54.6 Å². The minimum atomic E-state index is -4.74. The van der Waals surface area contributed by atoms with Gasteiger partial charge >= 0.3 is 12.1 Å². The maximum atomic E-state index is 15.1. The second-order valence-corrected chi connectivity index (χ2v) is 8.33. The molecule has 0 bridgehead atoms. The molecule has 3 aromatic rings. The summed E-state index contributed by atoms with van der Waals surface area (Å²) in [5, 5.41) is 12.0. The molecule has 0 amide bonds. The number of halogens is 5. The molecule has 0 fully saturated rings. The Morgan fingerprint density at radius 1 is 1.05 bits per heavy atom. The number of aliphatic carboxylic acids is 1. The molecule has 10 heteroatoms. The second-order valence-electron chi connectivity index (χ2n) is 8.33. The number of alkyl halides is 3. The van der Waals surface area contributed by atoms with Crippen LogP contribution in [0.3, 0.4) is 0 Å². The van der Waals surface area contributed by atoms with Gasteiger partial charge in [-0.15, -0.1) is 0 Å². The maximum absolute atomic E-state index is 15.1. The van der Waals surface area contributed by atoms with Crippen molar-refractivity contribution in [1.29, 1.82) is 0 Å². The summed E-state index contributed by atoms with van der Waals surface area (Å²) in [6.07, 6.45) is -5.72. The van der Waals surface area contributed by atoms with E-state index < -0.39 is 47.7 Å². The fraction of sp³-hybridized carbons (Fsp3) is 0.296. The Balaban J connectivity index is 1.79. The van der Waals surface area contributed by atoms with E-state index in [0.29, 0.717) is 12.3 Å². The van der Waals surface area contributed by atoms with E-state index in [-0.39, 0.29) is 29.5 Å². The molecule has 3 aromatic carbocycles. The summed E-state index contributed by atoms with van der Waals surface area (Å²) in [6.45, 7) is 2.23. The predicted molar refractivity (Wildman–Crippen MR) is 128 cm³/mol. The lowest BCUT2D eigenvalue weighted by Crippen LogP contribution is -2.24. The maximum Gasteiger partial charge on any atom is 0.416 e. The Morgan fingerprint density at radius 3 is 2.49 bits per heavy atom. The fourth-order valence-corrected chi connectivity index (χ4v) is 3.76. The summed E-state index contributed by atoms with van der Waals surface area (Å²) in [5.41, 5.74) is -1.07. The van der Waals surface area contributed by atoms with Crippen molar-refractivity contribution < 1.29 is 41.3 Å². The molecule has 0 aromatic heterocycles. The summed E-state index contributed by atoms with van der Waals surface area (Å²) in [6, 6.07) is 12.0. The van der Waals surface area contributed by atoms with E-state index in [2.05, 4.69) is 5.32 Å². The number of methoxy groups -OCH3 is 1.